The van der Waals surface area contributed by atoms with Crippen LogP contribution in [-0.4, -0.2) is 19.3 Å². The zero-order chi connectivity index (χ0) is 13.1. The quantitative estimate of drug-likeness (QED) is 0.901. The molecule has 1 heterocycles. The van der Waals surface area contributed by atoms with Crippen LogP contribution in [0, 0.1) is 5.92 Å². The van der Waals surface area contributed by atoms with E-state index < -0.39 is 0 Å². The number of benzene rings is 1. The van der Waals surface area contributed by atoms with Gasteiger partial charge in [-0.15, -0.1) is 0 Å². The normalized spacial score (nSPS) is 24.7. The molecule has 1 aliphatic carbocycles. The van der Waals surface area contributed by atoms with Gasteiger partial charge in [-0.1, -0.05) is 49.6 Å². The summed E-state index contributed by atoms with van der Waals surface area (Å²) < 4.78 is 5.59. The van der Waals surface area contributed by atoms with E-state index in [1.807, 2.05) is 0 Å². The molecule has 2 aliphatic rings. The molecule has 3 rings (SSSR count). The van der Waals surface area contributed by atoms with E-state index in [2.05, 4.69) is 30.3 Å². The lowest BCUT2D eigenvalue weighted by molar-refractivity contribution is 0.0343. The fourth-order valence-electron chi connectivity index (χ4n) is 3.69. The first-order valence-electron chi connectivity index (χ1n) is 7.70. The van der Waals surface area contributed by atoms with Gasteiger partial charge >= 0.3 is 0 Å². The highest BCUT2D eigenvalue weighted by Gasteiger charge is 2.41. The molecule has 1 unspecified atom stereocenters. The molecule has 104 valence electrons. The highest BCUT2D eigenvalue weighted by atomic mass is 16.5. The van der Waals surface area contributed by atoms with E-state index in [0.29, 0.717) is 0 Å². The lowest BCUT2D eigenvalue weighted by atomic mass is 9.65. The van der Waals surface area contributed by atoms with Crippen LogP contribution in [-0.2, 0) is 10.2 Å². The van der Waals surface area contributed by atoms with Crippen molar-refractivity contribution in [3.8, 4) is 0 Å². The average Bonchev–Trinajstić information content (AvgIpc) is 2.44. The van der Waals surface area contributed by atoms with Crippen LogP contribution in [0.4, 0.5) is 0 Å². The molecule has 1 aromatic rings. The van der Waals surface area contributed by atoms with Crippen molar-refractivity contribution in [3.05, 3.63) is 35.9 Å². The second kappa shape index (κ2) is 5.64. The molecule has 0 spiro atoms. The van der Waals surface area contributed by atoms with E-state index in [9.17, 15) is 0 Å². The first-order chi connectivity index (χ1) is 9.31. The Hall–Kier alpha value is -0.860. The molecule has 0 aromatic heterocycles. The lowest BCUT2D eigenvalue weighted by Crippen LogP contribution is -2.50. The monoisotopic (exact) mass is 259 g/mol. The minimum Gasteiger partial charge on any atom is -0.381 e. The summed E-state index contributed by atoms with van der Waals surface area (Å²) in [6, 6.07) is 11.2. The molecule has 1 aliphatic heterocycles. The third kappa shape index (κ3) is 2.56. The van der Waals surface area contributed by atoms with Gasteiger partial charge in [0.15, 0.2) is 0 Å². The molecule has 1 saturated carbocycles. The fraction of sp³-hybridized carbons (Fsp3) is 0.647. The van der Waals surface area contributed by atoms with Gasteiger partial charge in [-0.25, -0.2) is 0 Å². The van der Waals surface area contributed by atoms with Gasteiger partial charge in [0.2, 0.25) is 0 Å². The summed E-state index contributed by atoms with van der Waals surface area (Å²) in [5.74, 6) is 0.874. The molecular formula is C17H25NO. The molecule has 2 N–H and O–H groups in total. The van der Waals surface area contributed by atoms with Crippen molar-refractivity contribution in [2.24, 2.45) is 11.7 Å². The first kappa shape index (κ1) is 13.1. The number of rotatable bonds is 4. The summed E-state index contributed by atoms with van der Waals surface area (Å²) in [6.07, 6.45) is 7.51. The smallest absolute Gasteiger partial charge is 0.0475 e. The minimum absolute atomic E-state index is 0.148. The molecule has 2 fully saturated rings. The molecule has 1 aromatic carbocycles. The lowest BCUT2D eigenvalue weighted by Gasteiger charge is -2.44. The summed E-state index contributed by atoms with van der Waals surface area (Å²) >= 11 is 0. The largest absolute Gasteiger partial charge is 0.381 e. The Balaban J connectivity index is 1.82. The molecule has 1 saturated heterocycles. The second-order valence-corrected chi connectivity index (χ2v) is 6.27. The van der Waals surface area contributed by atoms with Crippen LogP contribution < -0.4 is 5.73 Å². The van der Waals surface area contributed by atoms with Gasteiger partial charge in [0.05, 0.1) is 0 Å². The van der Waals surface area contributed by atoms with Crippen molar-refractivity contribution < 1.29 is 4.74 Å². The van der Waals surface area contributed by atoms with E-state index in [1.54, 1.807) is 0 Å². The summed E-state index contributed by atoms with van der Waals surface area (Å²) in [7, 11) is 0. The summed E-state index contributed by atoms with van der Waals surface area (Å²) in [6.45, 7) is 1.71. The third-order valence-corrected chi connectivity index (χ3v) is 5.26. The summed E-state index contributed by atoms with van der Waals surface area (Å²) in [5, 5.41) is 0. The number of nitrogens with two attached hydrogens (primary N) is 1. The molecule has 19 heavy (non-hydrogen) atoms. The van der Waals surface area contributed by atoms with Crippen molar-refractivity contribution in [1.82, 2.24) is 0 Å². The maximum absolute atomic E-state index is 6.67. The molecular weight excluding hydrogens is 234 g/mol. The number of ether oxygens (including phenoxy) is 1. The molecule has 0 bridgehead atoms. The van der Waals surface area contributed by atoms with Crippen molar-refractivity contribution in [3.63, 3.8) is 0 Å². The molecule has 2 heteroatoms. The molecule has 1 atom stereocenters. The van der Waals surface area contributed by atoms with Crippen LogP contribution in [0.5, 0.6) is 0 Å². The number of hydrogen-bond donors (Lipinski definition) is 1. The first-order valence-corrected chi connectivity index (χ1v) is 7.70. The number of hydrogen-bond acceptors (Lipinski definition) is 2. The third-order valence-electron chi connectivity index (χ3n) is 5.26. The Morgan fingerprint density at radius 3 is 2.42 bits per heavy atom. The zero-order valence-corrected chi connectivity index (χ0v) is 11.7. The highest BCUT2D eigenvalue weighted by Crippen LogP contribution is 2.41. The zero-order valence-electron chi connectivity index (χ0n) is 11.7. The van der Waals surface area contributed by atoms with E-state index >= 15 is 0 Å². The predicted molar refractivity (Wildman–Crippen MR) is 78.1 cm³/mol. The van der Waals surface area contributed by atoms with Crippen molar-refractivity contribution >= 4 is 0 Å². The van der Waals surface area contributed by atoms with Gasteiger partial charge in [-0.2, -0.15) is 0 Å². The van der Waals surface area contributed by atoms with Gasteiger partial charge in [-0.3, -0.25) is 0 Å². The maximum Gasteiger partial charge on any atom is 0.0475 e. The van der Waals surface area contributed by atoms with E-state index in [-0.39, 0.29) is 11.5 Å². The molecule has 0 radical (unpaired) electrons. The Morgan fingerprint density at radius 2 is 1.84 bits per heavy atom. The van der Waals surface area contributed by atoms with Crippen LogP contribution in [0.25, 0.3) is 0 Å². The van der Waals surface area contributed by atoms with E-state index in [1.165, 1.54) is 31.2 Å². The maximum atomic E-state index is 6.67. The molecule has 2 nitrogen and oxygen atoms in total. The SMILES string of the molecule is NC(CC1CCC1)C1(c2ccccc2)CCOCC1. The van der Waals surface area contributed by atoms with Gasteiger partial charge in [0.25, 0.3) is 0 Å². The van der Waals surface area contributed by atoms with Crippen molar-refractivity contribution in [2.75, 3.05) is 13.2 Å². The summed E-state index contributed by atoms with van der Waals surface area (Å²) in [4.78, 5) is 0. The van der Waals surface area contributed by atoms with Crippen LogP contribution in [0.1, 0.15) is 44.1 Å². The Morgan fingerprint density at radius 1 is 1.16 bits per heavy atom. The van der Waals surface area contributed by atoms with Gasteiger partial charge in [-0.05, 0) is 30.7 Å². The van der Waals surface area contributed by atoms with Crippen LogP contribution in [0.2, 0.25) is 0 Å². The van der Waals surface area contributed by atoms with E-state index in [0.717, 1.165) is 32.0 Å². The van der Waals surface area contributed by atoms with Crippen molar-refractivity contribution in [1.29, 1.82) is 0 Å². The summed E-state index contributed by atoms with van der Waals surface area (Å²) in [5.41, 5.74) is 8.24. The van der Waals surface area contributed by atoms with Crippen LogP contribution in [0.3, 0.4) is 0 Å². The second-order valence-electron chi connectivity index (χ2n) is 6.27. The molecule has 0 amide bonds. The standard InChI is InChI=1S/C17H25NO/c18-16(13-14-5-4-6-14)17(9-11-19-12-10-17)15-7-2-1-3-8-15/h1-3,7-8,14,16H,4-6,9-13,18H2. The van der Waals surface area contributed by atoms with Crippen LogP contribution >= 0.6 is 0 Å². The van der Waals surface area contributed by atoms with E-state index in [4.69, 9.17) is 10.5 Å². The Labute approximate surface area is 116 Å². The van der Waals surface area contributed by atoms with Gasteiger partial charge in [0.1, 0.15) is 0 Å². The van der Waals surface area contributed by atoms with Crippen molar-refractivity contribution in [2.45, 2.75) is 50.0 Å². The minimum atomic E-state index is 0.148. The highest BCUT2D eigenvalue weighted by molar-refractivity contribution is 5.28. The topological polar surface area (TPSA) is 35.2 Å². The Kier molecular flexibility index (Phi) is 3.90. The van der Waals surface area contributed by atoms with Gasteiger partial charge in [0, 0.05) is 24.7 Å². The predicted octanol–water partition coefficient (Wildman–Crippen LogP) is 3.25. The fourth-order valence-corrected chi connectivity index (χ4v) is 3.69. The van der Waals surface area contributed by atoms with Gasteiger partial charge < -0.3 is 10.5 Å². The van der Waals surface area contributed by atoms with Crippen LogP contribution in [0.15, 0.2) is 30.3 Å². The Bertz CT molecular complexity index is 393. The average molecular weight is 259 g/mol.